The molecule has 8 heteroatoms. The highest BCUT2D eigenvalue weighted by Crippen LogP contribution is 2.30. The van der Waals surface area contributed by atoms with Crippen molar-refractivity contribution in [1.29, 1.82) is 0 Å². The van der Waals surface area contributed by atoms with Crippen molar-refractivity contribution in [1.82, 2.24) is 14.5 Å². The summed E-state index contributed by atoms with van der Waals surface area (Å²) in [5, 5.41) is 2.79. The van der Waals surface area contributed by atoms with Crippen molar-refractivity contribution in [2.24, 2.45) is 5.73 Å². The molecular formula is C34H41N5O3. The molecule has 2 amide bonds. The number of imidazole rings is 1. The van der Waals surface area contributed by atoms with Crippen LogP contribution < -0.4 is 11.1 Å². The van der Waals surface area contributed by atoms with E-state index >= 15 is 0 Å². The largest absolute Gasteiger partial charge is 0.385 e. The van der Waals surface area contributed by atoms with Gasteiger partial charge in [-0.3, -0.25) is 9.59 Å². The fourth-order valence-corrected chi connectivity index (χ4v) is 5.93. The minimum atomic E-state index is -0.251. The molecule has 0 radical (unpaired) electrons. The summed E-state index contributed by atoms with van der Waals surface area (Å²) in [7, 11) is 1.73. The normalized spacial score (nSPS) is 16.0. The predicted octanol–water partition coefficient (Wildman–Crippen LogP) is 5.36. The molecule has 1 aromatic heterocycles. The lowest BCUT2D eigenvalue weighted by molar-refractivity contribution is -0.132. The first-order valence-corrected chi connectivity index (χ1v) is 14.9. The van der Waals surface area contributed by atoms with Crippen LogP contribution in [-0.4, -0.2) is 59.1 Å². The number of amides is 2. The van der Waals surface area contributed by atoms with Gasteiger partial charge in [0.15, 0.2) is 0 Å². The van der Waals surface area contributed by atoms with E-state index in [1.165, 1.54) is 6.92 Å². The number of benzene rings is 3. The van der Waals surface area contributed by atoms with Gasteiger partial charge in [-0.15, -0.1) is 0 Å². The number of hydrogen-bond donors (Lipinski definition) is 2. The highest BCUT2D eigenvalue weighted by atomic mass is 16.5. The number of carbonyl (C=O) groups is 2. The van der Waals surface area contributed by atoms with E-state index in [-0.39, 0.29) is 23.8 Å². The summed E-state index contributed by atoms with van der Waals surface area (Å²) in [6.07, 6.45) is 3.86. The fourth-order valence-electron chi connectivity index (χ4n) is 5.93. The molecule has 5 rings (SSSR count). The Labute approximate surface area is 247 Å². The maximum absolute atomic E-state index is 13.4. The quantitative estimate of drug-likeness (QED) is 0.238. The molecule has 0 spiro atoms. The minimum Gasteiger partial charge on any atom is -0.385 e. The minimum absolute atomic E-state index is 0.0865. The number of fused-ring (bicyclic) bond motifs is 1. The average Bonchev–Trinajstić information content (AvgIpc) is 3.36. The standard InChI is InChI=1S/C34H41N5O3/c1-24(40)36-30-16-14-27(15-17-30)26-12-10-25(11-13-26)21-29(35)22-33(41)38-18-5-7-28(23-38)34-37-31-8-3-4-9-32(31)39(34)19-6-20-42-2/h3-4,8-17,28-29H,5-7,18-23,35H2,1-2H3,(H,36,40). The Balaban J connectivity index is 1.18. The molecule has 1 aliphatic rings. The van der Waals surface area contributed by atoms with Crippen molar-refractivity contribution < 1.29 is 14.3 Å². The molecule has 42 heavy (non-hydrogen) atoms. The molecule has 0 bridgehead atoms. The third-order valence-electron chi connectivity index (χ3n) is 7.98. The Morgan fingerprint density at radius 2 is 1.76 bits per heavy atom. The van der Waals surface area contributed by atoms with Gasteiger partial charge in [0.1, 0.15) is 5.82 Å². The van der Waals surface area contributed by atoms with Crippen LogP contribution in [0.25, 0.3) is 22.2 Å². The van der Waals surface area contributed by atoms with Crippen LogP contribution in [0.3, 0.4) is 0 Å². The van der Waals surface area contributed by atoms with E-state index in [1.807, 2.05) is 35.2 Å². The number of aromatic nitrogens is 2. The molecule has 220 valence electrons. The zero-order chi connectivity index (χ0) is 29.5. The SMILES string of the molecule is COCCCn1c(C2CCCN(C(=O)CC(N)Cc3ccc(-c4ccc(NC(C)=O)cc4)cc3)C2)nc2ccccc21. The maximum Gasteiger partial charge on any atom is 0.224 e. The molecule has 2 unspecified atom stereocenters. The second kappa shape index (κ2) is 13.8. The second-order valence-electron chi connectivity index (χ2n) is 11.3. The Morgan fingerprint density at radius 3 is 2.48 bits per heavy atom. The van der Waals surface area contributed by atoms with Crippen LogP contribution in [0.2, 0.25) is 0 Å². The number of nitrogens with two attached hydrogens (primary N) is 1. The summed E-state index contributed by atoms with van der Waals surface area (Å²) >= 11 is 0. The number of aryl methyl sites for hydroxylation is 1. The lowest BCUT2D eigenvalue weighted by Gasteiger charge is -2.33. The van der Waals surface area contributed by atoms with Crippen LogP contribution >= 0.6 is 0 Å². The van der Waals surface area contributed by atoms with E-state index < -0.39 is 0 Å². The third kappa shape index (κ3) is 7.24. The molecule has 2 heterocycles. The predicted molar refractivity (Wildman–Crippen MR) is 167 cm³/mol. The second-order valence-corrected chi connectivity index (χ2v) is 11.3. The average molecular weight is 568 g/mol. The highest BCUT2D eigenvalue weighted by molar-refractivity contribution is 5.89. The van der Waals surface area contributed by atoms with Gasteiger partial charge in [0, 0.05) is 64.3 Å². The van der Waals surface area contributed by atoms with Crippen molar-refractivity contribution in [3.05, 3.63) is 84.2 Å². The number of anilines is 1. The number of nitrogens with zero attached hydrogens (tertiary/aromatic N) is 3. The Hall–Kier alpha value is -4.01. The van der Waals surface area contributed by atoms with Gasteiger partial charge in [0.25, 0.3) is 0 Å². The van der Waals surface area contributed by atoms with Crippen molar-refractivity contribution in [3.63, 3.8) is 0 Å². The van der Waals surface area contributed by atoms with Crippen molar-refractivity contribution in [2.75, 3.05) is 32.1 Å². The number of para-hydroxylation sites is 2. The van der Waals surface area contributed by atoms with E-state index in [0.29, 0.717) is 26.0 Å². The van der Waals surface area contributed by atoms with Crippen molar-refractivity contribution in [3.8, 4) is 11.1 Å². The first-order valence-electron chi connectivity index (χ1n) is 14.9. The smallest absolute Gasteiger partial charge is 0.224 e. The van der Waals surface area contributed by atoms with Gasteiger partial charge >= 0.3 is 0 Å². The third-order valence-corrected chi connectivity index (χ3v) is 7.98. The first kappa shape index (κ1) is 29.5. The van der Waals surface area contributed by atoms with Gasteiger partial charge < -0.3 is 25.3 Å². The molecule has 1 aliphatic heterocycles. The summed E-state index contributed by atoms with van der Waals surface area (Å²) in [5.74, 6) is 1.30. The number of likely N-dealkylation sites (tertiary alicyclic amines) is 1. The summed E-state index contributed by atoms with van der Waals surface area (Å²) < 4.78 is 7.62. The zero-order valence-electron chi connectivity index (χ0n) is 24.6. The van der Waals surface area contributed by atoms with Crippen molar-refractivity contribution in [2.45, 2.75) is 57.5 Å². The number of rotatable bonds is 11. The molecule has 3 N–H and O–H groups in total. The highest BCUT2D eigenvalue weighted by Gasteiger charge is 2.29. The van der Waals surface area contributed by atoms with Gasteiger partial charge in [-0.1, -0.05) is 48.5 Å². The molecule has 0 aliphatic carbocycles. The molecule has 3 aromatic carbocycles. The Kier molecular flexibility index (Phi) is 9.66. The van der Waals surface area contributed by atoms with Gasteiger partial charge in [0.2, 0.25) is 11.8 Å². The molecule has 8 nitrogen and oxygen atoms in total. The zero-order valence-corrected chi connectivity index (χ0v) is 24.6. The molecular weight excluding hydrogens is 526 g/mol. The summed E-state index contributed by atoms with van der Waals surface area (Å²) in [5.41, 5.74) is 12.7. The van der Waals surface area contributed by atoms with Crippen LogP contribution in [0, 0.1) is 0 Å². The number of carbonyl (C=O) groups excluding carboxylic acids is 2. The number of ether oxygens (including phenoxy) is 1. The van der Waals surface area contributed by atoms with E-state index in [1.54, 1.807) is 7.11 Å². The van der Waals surface area contributed by atoms with E-state index in [9.17, 15) is 9.59 Å². The van der Waals surface area contributed by atoms with Crippen LogP contribution in [0.5, 0.6) is 0 Å². The van der Waals surface area contributed by atoms with Crippen LogP contribution in [-0.2, 0) is 27.3 Å². The van der Waals surface area contributed by atoms with E-state index in [0.717, 1.165) is 71.6 Å². The molecule has 1 fully saturated rings. The lowest BCUT2D eigenvalue weighted by atomic mass is 9.95. The first-order chi connectivity index (χ1) is 20.4. The number of hydrogen-bond acceptors (Lipinski definition) is 5. The molecule has 2 atom stereocenters. The van der Waals surface area contributed by atoms with Crippen LogP contribution in [0.15, 0.2) is 72.8 Å². The van der Waals surface area contributed by atoms with E-state index in [4.69, 9.17) is 15.5 Å². The Bertz CT molecular complexity index is 1500. The van der Waals surface area contributed by atoms with E-state index in [2.05, 4.69) is 52.3 Å². The van der Waals surface area contributed by atoms with Gasteiger partial charge in [0.05, 0.1) is 11.0 Å². The maximum atomic E-state index is 13.4. The lowest BCUT2D eigenvalue weighted by Crippen LogP contribution is -2.42. The van der Waals surface area contributed by atoms with Crippen molar-refractivity contribution >= 4 is 28.5 Å². The summed E-state index contributed by atoms with van der Waals surface area (Å²) in [6, 6.07) is 24.1. The van der Waals surface area contributed by atoms with Crippen LogP contribution in [0.4, 0.5) is 5.69 Å². The topological polar surface area (TPSA) is 102 Å². The number of piperidine rings is 1. The number of nitrogens with one attached hydrogen (secondary N) is 1. The molecule has 1 saturated heterocycles. The molecule has 4 aromatic rings. The Morgan fingerprint density at radius 1 is 1.05 bits per heavy atom. The van der Waals surface area contributed by atoms with Gasteiger partial charge in [-0.05, 0) is 66.6 Å². The van der Waals surface area contributed by atoms with Crippen LogP contribution in [0.1, 0.15) is 49.9 Å². The summed E-state index contributed by atoms with van der Waals surface area (Å²) in [4.78, 5) is 31.6. The van der Waals surface area contributed by atoms with Gasteiger partial charge in [-0.25, -0.2) is 4.98 Å². The number of methoxy groups -OCH3 is 1. The summed E-state index contributed by atoms with van der Waals surface area (Å²) in [6.45, 7) is 4.49. The monoisotopic (exact) mass is 567 g/mol. The fraction of sp³-hybridized carbons (Fsp3) is 0.382. The van der Waals surface area contributed by atoms with Gasteiger partial charge in [-0.2, -0.15) is 0 Å². The molecule has 0 saturated carbocycles.